The third-order valence-corrected chi connectivity index (χ3v) is 7.31. The highest BCUT2D eigenvalue weighted by molar-refractivity contribution is 7.10. The Morgan fingerprint density at radius 2 is 1.93 bits per heavy atom. The van der Waals surface area contributed by atoms with E-state index in [0.717, 1.165) is 25.7 Å². The van der Waals surface area contributed by atoms with Crippen LogP contribution in [0.1, 0.15) is 60.7 Å². The van der Waals surface area contributed by atoms with E-state index in [1.54, 1.807) is 11.3 Å². The molecule has 1 aliphatic heterocycles. The summed E-state index contributed by atoms with van der Waals surface area (Å²) in [7, 11) is 0. The lowest BCUT2D eigenvalue weighted by Gasteiger charge is -2.38. The maximum absolute atomic E-state index is 13.6. The van der Waals surface area contributed by atoms with Crippen molar-refractivity contribution in [2.24, 2.45) is 11.8 Å². The highest BCUT2D eigenvalue weighted by atomic mass is 32.1. The minimum Gasteiger partial charge on any atom is -0.333 e. The largest absolute Gasteiger partial charge is 0.333 e. The van der Waals surface area contributed by atoms with Crippen molar-refractivity contribution >= 4 is 23.2 Å². The highest BCUT2D eigenvalue weighted by Crippen LogP contribution is 2.39. The molecule has 30 heavy (non-hydrogen) atoms. The Labute approximate surface area is 183 Å². The van der Waals surface area contributed by atoms with Crippen LogP contribution in [0.15, 0.2) is 35.7 Å². The molecule has 2 amide bonds. The fourth-order valence-corrected chi connectivity index (χ4v) is 5.24. The van der Waals surface area contributed by atoms with Gasteiger partial charge in [0.25, 0.3) is 0 Å². The van der Waals surface area contributed by atoms with E-state index in [1.807, 2.05) is 15.9 Å². The first-order valence-corrected chi connectivity index (χ1v) is 12.0. The van der Waals surface area contributed by atoms with Gasteiger partial charge in [0.2, 0.25) is 11.8 Å². The summed E-state index contributed by atoms with van der Waals surface area (Å²) >= 11 is 1.78. The number of hydrogen-bond donors (Lipinski definition) is 0. The Bertz CT molecular complexity index is 915. The van der Waals surface area contributed by atoms with Crippen molar-refractivity contribution in [3.8, 4) is 0 Å². The van der Waals surface area contributed by atoms with Gasteiger partial charge in [-0.15, -0.1) is 11.3 Å². The standard InChI is InChI=1S/C25H32N2O2S/c1-17(2)10-13-26(25(29)19-8-9-19)16-23(28)27-14-11-22-21(12-15-30-22)24(27)20-7-5-4-6-18(20)3/h4-7,12,15,17,19,24H,8-11,13-14,16H2,1-3H3/t24-/m1/s1. The summed E-state index contributed by atoms with van der Waals surface area (Å²) in [6.45, 7) is 8.03. The second-order valence-electron chi connectivity index (χ2n) is 9.11. The van der Waals surface area contributed by atoms with Gasteiger partial charge in [-0.2, -0.15) is 0 Å². The van der Waals surface area contributed by atoms with Crippen LogP contribution in [-0.4, -0.2) is 41.2 Å². The summed E-state index contributed by atoms with van der Waals surface area (Å²) in [6, 6.07) is 10.5. The van der Waals surface area contributed by atoms with Crippen LogP contribution in [0.5, 0.6) is 0 Å². The summed E-state index contributed by atoms with van der Waals surface area (Å²) in [5.41, 5.74) is 3.63. The predicted octanol–water partition coefficient (Wildman–Crippen LogP) is 4.82. The van der Waals surface area contributed by atoms with Crippen LogP contribution in [0.2, 0.25) is 0 Å². The van der Waals surface area contributed by atoms with Crippen LogP contribution in [-0.2, 0) is 16.0 Å². The predicted molar refractivity (Wildman–Crippen MR) is 122 cm³/mol. The molecule has 1 aliphatic carbocycles. The Balaban J connectivity index is 1.59. The van der Waals surface area contributed by atoms with Crippen molar-refractivity contribution in [3.63, 3.8) is 0 Å². The molecule has 0 N–H and O–H groups in total. The summed E-state index contributed by atoms with van der Waals surface area (Å²) in [4.78, 5) is 31.6. The lowest BCUT2D eigenvalue weighted by atomic mass is 9.90. The molecule has 2 aliphatic rings. The zero-order chi connectivity index (χ0) is 21.3. The first-order valence-electron chi connectivity index (χ1n) is 11.2. The number of carbonyl (C=O) groups is 2. The Hall–Kier alpha value is -2.14. The van der Waals surface area contributed by atoms with Crippen LogP contribution in [0.3, 0.4) is 0 Å². The number of nitrogens with zero attached hydrogens (tertiary/aromatic N) is 2. The Kier molecular flexibility index (Phi) is 6.28. The van der Waals surface area contributed by atoms with Gasteiger partial charge < -0.3 is 9.80 Å². The van der Waals surface area contributed by atoms with Crippen LogP contribution in [0.25, 0.3) is 0 Å². The molecular weight excluding hydrogens is 392 g/mol. The molecule has 1 fully saturated rings. The van der Waals surface area contributed by atoms with Crippen LogP contribution in [0, 0.1) is 18.8 Å². The van der Waals surface area contributed by atoms with E-state index >= 15 is 0 Å². The molecule has 4 rings (SSSR count). The Morgan fingerprint density at radius 1 is 1.17 bits per heavy atom. The quantitative estimate of drug-likeness (QED) is 0.640. The van der Waals surface area contributed by atoms with E-state index < -0.39 is 0 Å². The maximum Gasteiger partial charge on any atom is 0.242 e. The number of fused-ring (bicyclic) bond motifs is 1. The number of aryl methyl sites for hydroxylation is 1. The zero-order valence-electron chi connectivity index (χ0n) is 18.3. The molecule has 0 bridgehead atoms. The highest BCUT2D eigenvalue weighted by Gasteiger charge is 2.37. The van der Waals surface area contributed by atoms with Crippen LogP contribution < -0.4 is 0 Å². The van der Waals surface area contributed by atoms with Crippen molar-refractivity contribution in [1.29, 1.82) is 0 Å². The molecule has 2 aromatic rings. The average molecular weight is 425 g/mol. The zero-order valence-corrected chi connectivity index (χ0v) is 19.1. The maximum atomic E-state index is 13.6. The van der Waals surface area contributed by atoms with E-state index in [0.29, 0.717) is 19.0 Å². The molecule has 0 spiro atoms. The van der Waals surface area contributed by atoms with Gasteiger partial charge in [0.1, 0.15) is 0 Å². The van der Waals surface area contributed by atoms with Gasteiger partial charge in [-0.25, -0.2) is 0 Å². The van der Waals surface area contributed by atoms with Gasteiger partial charge in [-0.1, -0.05) is 38.1 Å². The molecule has 1 atom stereocenters. The molecule has 160 valence electrons. The molecule has 1 saturated carbocycles. The molecule has 0 radical (unpaired) electrons. The molecule has 1 aromatic carbocycles. The van der Waals surface area contributed by atoms with Crippen molar-refractivity contribution in [3.05, 3.63) is 57.3 Å². The van der Waals surface area contributed by atoms with E-state index in [-0.39, 0.29) is 30.3 Å². The molecule has 1 aromatic heterocycles. The minimum atomic E-state index is -0.0586. The molecule has 5 heteroatoms. The summed E-state index contributed by atoms with van der Waals surface area (Å²) in [6.07, 6.45) is 3.77. The van der Waals surface area contributed by atoms with Gasteiger partial charge >= 0.3 is 0 Å². The fraction of sp³-hybridized carbons (Fsp3) is 0.520. The van der Waals surface area contributed by atoms with Crippen molar-refractivity contribution in [1.82, 2.24) is 9.80 Å². The molecule has 0 saturated heterocycles. The number of amides is 2. The number of carbonyl (C=O) groups excluding carboxylic acids is 2. The summed E-state index contributed by atoms with van der Waals surface area (Å²) < 4.78 is 0. The number of benzene rings is 1. The van der Waals surface area contributed by atoms with Crippen LogP contribution >= 0.6 is 11.3 Å². The number of hydrogen-bond acceptors (Lipinski definition) is 3. The third-order valence-electron chi connectivity index (χ3n) is 6.31. The third kappa shape index (κ3) is 4.46. The average Bonchev–Trinajstić information content (AvgIpc) is 3.47. The smallest absolute Gasteiger partial charge is 0.242 e. The van der Waals surface area contributed by atoms with E-state index in [2.05, 4.69) is 50.4 Å². The van der Waals surface area contributed by atoms with Gasteiger partial charge in [0.05, 0.1) is 12.6 Å². The SMILES string of the molecule is Cc1ccccc1[C@@H]1c2ccsc2CCN1C(=O)CN(CCC(C)C)C(=O)C1CC1. The van der Waals surface area contributed by atoms with Gasteiger partial charge in [0.15, 0.2) is 0 Å². The lowest BCUT2D eigenvalue weighted by molar-refractivity contribution is -0.142. The second-order valence-corrected chi connectivity index (χ2v) is 10.1. The van der Waals surface area contributed by atoms with Crippen molar-refractivity contribution in [2.45, 2.75) is 52.5 Å². The normalized spacial score (nSPS) is 18.4. The summed E-state index contributed by atoms with van der Waals surface area (Å²) in [5.74, 6) is 0.891. The van der Waals surface area contributed by atoms with Gasteiger partial charge in [-0.3, -0.25) is 9.59 Å². The topological polar surface area (TPSA) is 40.6 Å². The minimum absolute atomic E-state index is 0.0586. The van der Waals surface area contributed by atoms with Crippen molar-refractivity contribution in [2.75, 3.05) is 19.6 Å². The number of thiophene rings is 1. The van der Waals surface area contributed by atoms with Gasteiger partial charge in [0, 0.05) is 23.9 Å². The van der Waals surface area contributed by atoms with Crippen LogP contribution in [0.4, 0.5) is 0 Å². The van der Waals surface area contributed by atoms with E-state index in [9.17, 15) is 9.59 Å². The molecule has 0 unspecified atom stereocenters. The van der Waals surface area contributed by atoms with E-state index in [1.165, 1.54) is 21.6 Å². The molecule has 4 nitrogen and oxygen atoms in total. The first kappa shape index (κ1) is 21.1. The first-order chi connectivity index (χ1) is 14.5. The Morgan fingerprint density at radius 3 is 2.63 bits per heavy atom. The number of rotatable bonds is 7. The monoisotopic (exact) mass is 424 g/mol. The molecular formula is C25H32N2O2S. The fourth-order valence-electron chi connectivity index (χ4n) is 4.34. The second kappa shape index (κ2) is 8.93. The lowest BCUT2D eigenvalue weighted by Crippen LogP contribution is -2.47. The summed E-state index contributed by atoms with van der Waals surface area (Å²) in [5, 5.41) is 2.13. The van der Waals surface area contributed by atoms with E-state index in [4.69, 9.17) is 0 Å². The van der Waals surface area contributed by atoms with Crippen molar-refractivity contribution < 1.29 is 9.59 Å². The molecule has 2 heterocycles. The van der Waals surface area contributed by atoms with Gasteiger partial charge in [-0.05, 0) is 66.7 Å².